The molecule has 6 heteroatoms. The highest BCUT2D eigenvalue weighted by Gasteiger charge is 2.45. The first kappa shape index (κ1) is 22.1. The van der Waals surface area contributed by atoms with Gasteiger partial charge >= 0.3 is 6.09 Å². The SMILES string of the molecule is COc1ccc(-c2ccncc2)cc1CNC1CCC(NC(=O)O)(C(C)(C)C)CC1. The lowest BCUT2D eigenvalue weighted by molar-refractivity contribution is 0.0737. The molecule has 1 fully saturated rings. The Morgan fingerprint density at radius 1 is 1.17 bits per heavy atom. The number of amides is 1. The molecule has 0 unspecified atom stereocenters. The number of nitrogens with zero attached hydrogens (tertiary/aromatic N) is 1. The molecular formula is C24H33N3O3. The Hall–Kier alpha value is -2.60. The minimum Gasteiger partial charge on any atom is -0.496 e. The number of methoxy groups -OCH3 is 1. The Balaban J connectivity index is 1.67. The number of aromatic nitrogens is 1. The molecule has 1 saturated carbocycles. The fourth-order valence-corrected chi connectivity index (χ4v) is 4.48. The van der Waals surface area contributed by atoms with Crippen LogP contribution >= 0.6 is 0 Å². The maximum absolute atomic E-state index is 11.4. The maximum Gasteiger partial charge on any atom is 0.405 e. The summed E-state index contributed by atoms with van der Waals surface area (Å²) in [4.78, 5) is 15.5. The molecule has 1 aromatic heterocycles. The minimum atomic E-state index is -0.936. The summed E-state index contributed by atoms with van der Waals surface area (Å²) in [5.74, 6) is 0.868. The number of pyridine rings is 1. The van der Waals surface area contributed by atoms with Crippen LogP contribution in [0.5, 0.6) is 5.75 Å². The first-order valence-electron chi connectivity index (χ1n) is 10.6. The van der Waals surface area contributed by atoms with Gasteiger partial charge in [-0.2, -0.15) is 0 Å². The summed E-state index contributed by atoms with van der Waals surface area (Å²) in [5, 5.41) is 15.8. The molecule has 30 heavy (non-hydrogen) atoms. The van der Waals surface area contributed by atoms with Crippen LogP contribution in [0.15, 0.2) is 42.7 Å². The molecule has 0 atom stereocenters. The van der Waals surface area contributed by atoms with Gasteiger partial charge in [0.05, 0.1) is 7.11 Å². The monoisotopic (exact) mass is 411 g/mol. The van der Waals surface area contributed by atoms with Crippen molar-refractivity contribution in [1.82, 2.24) is 15.6 Å². The van der Waals surface area contributed by atoms with Crippen LogP contribution in [-0.4, -0.2) is 34.9 Å². The zero-order chi connectivity index (χ0) is 21.8. The van der Waals surface area contributed by atoms with Gasteiger partial charge in [-0.05, 0) is 66.5 Å². The van der Waals surface area contributed by atoms with Crippen molar-refractivity contribution in [2.75, 3.05) is 7.11 Å². The lowest BCUT2D eigenvalue weighted by Gasteiger charge is -2.49. The molecule has 1 aliphatic rings. The van der Waals surface area contributed by atoms with E-state index in [1.165, 1.54) is 0 Å². The summed E-state index contributed by atoms with van der Waals surface area (Å²) < 4.78 is 5.57. The third kappa shape index (κ3) is 4.93. The predicted molar refractivity (Wildman–Crippen MR) is 119 cm³/mol. The second-order valence-electron chi connectivity index (χ2n) is 9.18. The second kappa shape index (κ2) is 9.04. The van der Waals surface area contributed by atoms with Crippen LogP contribution in [-0.2, 0) is 6.54 Å². The Morgan fingerprint density at radius 2 is 1.83 bits per heavy atom. The maximum atomic E-state index is 11.4. The van der Waals surface area contributed by atoms with Gasteiger partial charge in [0.1, 0.15) is 5.75 Å². The second-order valence-corrected chi connectivity index (χ2v) is 9.18. The van der Waals surface area contributed by atoms with Crippen LogP contribution in [0, 0.1) is 5.41 Å². The molecule has 162 valence electrons. The number of carbonyl (C=O) groups is 1. The smallest absolute Gasteiger partial charge is 0.405 e. The average molecular weight is 412 g/mol. The van der Waals surface area contributed by atoms with Crippen molar-refractivity contribution in [3.05, 3.63) is 48.3 Å². The van der Waals surface area contributed by atoms with E-state index in [-0.39, 0.29) is 11.0 Å². The van der Waals surface area contributed by atoms with E-state index in [1.54, 1.807) is 19.5 Å². The van der Waals surface area contributed by atoms with E-state index < -0.39 is 6.09 Å². The third-order valence-corrected chi connectivity index (χ3v) is 6.50. The van der Waals surface area contributed by atoms with E-state index in [4.69, 9.17) is 4.74 Å². The van der Waals surface area contributed by atoms with Crippen molar-refractivity contribution in [2.45, 2.75) is 64.6 Å². The van der Waals surface area contributed by atoms with Crippen LogP contribution in [0.3, 0.4) is 0 Å². The third-order valence-electron chi connectivity index (χ3n) is 6.50. The zero-order valence-corrected chi connectivity index (χ0v) is 18.4. The summed E-state index contributed by atoms with van der Waals surface area (Å²) in [7, 11) is 1.70. The molecule has 1 heterocycles. The molecule has 1 aromatic carbocycles. The van der Waals surface area contributed by atoms with Gasteiger partial charge in [0, 0.05) is 36.1 Å². The molecule has 1 amide bonds. The number of hydrogen-bond donors (Lipinski definition) is 3. The highest BCUT2D eigenvalue weighted by atomic mass is 16.5. The van der Waals surface area contributed by atoms with Crippen molar-refractivity contribution in [2.24, 2.45) is 5.41 Å². The predicted octanol–water partition coefficient (Wildman–Crippen LogP) is 4.84. The van der Waals surface area contributed by atoms with Crippen molar-refractivity contribution < 1.29 is 14.6 Å². The first-order chi connectivity index (χ1) is 14.2. The summed E-state index contributed by atoms with van der Waals surface area (Å²) in [6.45, 7) is 7.06. The Labute approximate surface area is 179 Å². The number of hydrogen-bond acceptors (Lipinski definition) is 4. The van der Waals surface area contributed by atoms with Gasteiger partial charge in [-0.25, -0.2) is 4.79 Å². The highest BCUT2D eigenvalue weighted by Crippen LogP contribution is 2.42. The molecule has 0 saturated heterocycles. The molecule has 3 N–H and O–H groups in total. The summed E-state index contributed by atoms with van der Waals surface area (Å²) in [6.07, 6.45) is 6.18. The van der Waals surface area contributed by atoms with Crippen LogP contribution in [0.25, 0.3) is 11.1 Å². The van der Waals surface area contributed by atoms with E-state index in [9.17, 15) is 9.90 Å². The molecule has 0 bridgehead atoms. The van der Waals surface area contributed by atoms with Gasteiger partial charge < -0.3 is 20.5 Å². The molecule has 1 aliphatic carbocycles. The van der Waals surface area contributed by atoms with E-state index in [2.05, 4.69) is 48.5 Å². The van der Waals surface area contributed by atoms with Crippen LogP contribution < -0.4 is 15.4 Å². The Kier molecular flexibility index (Phi) is 6.66. The van der Waals surface area contributed by atoms with Gasteiger partial charge in [-0.15, -0.1) is 0 Å². The summed E-state index contributed by atoms with van der Waals surface area (Å²) >= 11 is 0. The van der Waals surface area contributed by atoms with Gasteiger partial charge in [-0.3, -0.25) is 4.98 Å². The average Bonchev–Trinajstić information content (AvgIpc) is 2.72. The van der Waals surface area contributed by atoms with Crippen molar-refractivity contribution >= 4 is 6.09 Å². The summed E-state index contributed by atoms with van der Waals surface area (Å²) in [5.41, 5.74) is 2.87. The van der Waals surface area contributed by atoms with E-state index >= 15 is 0 Å². The standard InChI is InChI=1S/C24H33N3O3/c1-23(2,3)24(27-22(28)29)11-7-20(8-12-24)26-16-19-15-18(5-6-21(19)30-4)17-9-13-25-14-10-17/h5-6,9-10,13-15,20,26-27H,7-8,11-12,16H2,1-4H3,(H,28,29). The zero-order valence-electron chi connectivity index (χ0n) is 18.4. The Bertz CT molecular complexity index is 854. The van der Waals surface area contributed by atoms with Crippen molar-refractivity contribution in [3.63, 3.8) is 0 Å². The highest BCUT2D eigenvalue weighted by molar-refractivity contribution is 5.66. The molecule has 0 aliphatic heterocycles. The Morgan fingerprint density at radius 3 is 2.40 bits per heavy atom. The number of nitrogens with one attached hydrogen (secondary N) is 2. The van der Waals surface area contributed by atoms with Gasteiger partial charge in [0.15, 0.2) is 0 Å². The lowest BCUT2D eigenvalue weighted by Crippen LogP contribution is -2.59. The molecule has 0 spiro atoms. The van der Waals surface area contributed by atoms with E-state index in [1.807, 2.05) is 18.2 Å². The lowest BCUT2D eigenvalue weighted by atomic mass is 9.64. The molecule has 2 aromatic rings. The molecule has 0 radical (unpaired) electrons. The van der Waals surface area contributed by atoms with Gasteiger partial charge in [-0.1, -0.05) is 26.8 Å². The topological polar surface area (TPSA) is 83.5 Å². The van der Waals surface area contributed by atoms with Crippen LogP contribution in [0.2, 0.25) is 0 Å². The number of ether oxygens (including phenoxy) is 1. The van der Waals surface area contributed by atoms with Crippen LogP contribution in [0.4, 0.5) is 4.79 Å². The van der Waals surface area contributed by atoms with Gasteiger partial charge in [0.25, 0.3) is 0 Å². The first-order valence-corrected chi connectivity index (χ1v) is 10.6. The quantitative estimate of drug-likeness (QED) is 0.633. The van der Waals surface area contributed by atoms with Crippen molar-refractivity contribution in [1.29, 1.82) is 0 Å². The van der Waals surface area contributed by atoms with E-state index in [0.29, 0.717) is 12.6 Å². The molecular weight excluding hydrogens is 378 g/mol. The number of benzene rings is 1. The normalized spacial score (nSPS) is 21.8. The van der Waals surface area contributed by atoms with Crippen LogP contribution in [0.1, 0.15) is 52.0 Å². The molecule has 3 rings (SSSR count). The summed E-state index contributed by atoms with van der Waals surface area (Å²) in [6, 6.07) is 10.6. The minimum absolute atomic E-state index is 0.127. The number of carboxylic acid groups (broad SMARTS) is 1. The van der Waals surface area contributed by atoms with Gasteiger partial charge in [0.2, 0.25) is 0 Å². The largest absolute Gasteiger partial charge is 0.496 e. The number of rotatable bonds is 6. The van der Waals surface area contributed by atoms with Crippen molar-refractivity contribution in [3.8, 4) is 16.9 Å². The molecule has 6 nitrogen and oxygen atoms in total. The fraction of sp³-hybridized carbons (Fsp3) is 0.500. The van der Waals surface area contributed by atoms with E-state index in [0.717, 1.165) is 48.1 Å². The fourth-order valence-electron chi connectivity index (χ4n) is 4.48.